The molecule has 2 N–H and O–H groups in total. The van der Waals surface area contributed by atoms with Crippen molar-refractivity contribution in [2.75, 3.05) is 0 Å². The molecular weight excluding hydrogens is 264 g/mol. The zero-order valence-electron chi connectivity index (χ0n) is 13.2. The molecule has 0 amide bonds. The maximum atomic E-state index is 10.2. The van der Waals surface area contributed by atoms with Gasteiger partial charge in [-0.2, -0.15) is 0 Å². The summed E-state index contributed by atoms with van der Waals surface area (Å²) in [5, 5.41) is 18.2. The van der Waals surface area contributed by atoms with Crippen molar-refractivity contribution >= 4 is 5.97 Å². The lowest BCUT2D eigenvalue weighted by atomic mass is 10.0. The highest BCUT2D eigenvalue weighted by Gasteiger charge is 2.02. The van der Waals surface area contributed by atoms with Crippen LogP contribution >= 0.6 is 0 Å². The van der Waals surface area contributed by atoms with Gasteiger partial charge in [-0.15, -0.1) is 0 Å². The van der Waals surface area contributed by atoms with Crippen LogP contribution in [0.5, 0.6) is 0 Å². The Morgan fingerprint density at radius 2 is 1.62 bits per heavy atom. The summed E-state index contributed by atoms with van der Waals surface area (Å²) in [6.07, 6.45) is 19.8. The van der Waals surface area contributed by atoms with Crippen molar-refractivity contribution in [3.63, 3.8) is 0 Å². The molecule has 0 saturated heterocycles. The van der Waals surface area contributed by atoms with Crippen molar-refractivity contribution in [1.29, 1.82) is 0 Å². The Balaban J connectivity index is 3.44. The largest absolute Gasteiger partial charge is 0.478 e. The Morgan fingerprint density at radius 3 is 2.29 bits per heavy atom. The van der Waals surface area contributed by atoms with E-state index in [9.17, 15) is 9.90 Å². The minimum Gasteiger partial charge on any atom is -0.478 e. The summed E-state index contributed by atoms with van der Waals surface area (Å²) in [4.78, 5) is 10.2. The van der Waals surface area contributed by atoms with Gasteiger partial charge in [-0.05, 0) is 25.7 Å². The zero-order chi connectivity index (χ0) is 15.8. The van der Waals surface area contributed by atoms with Gasteiger partial charge >= 0.3 is 5.97 Å². The molecule has 0 bridgehead atoms. The first-order chi connectivity index (χ1) is 10.2. The van der Waals surface area contributed by atoms with Crippen LogP contribution in [-0.2, 0) is 4.79 Å². The van der Waals surface area contributed by atoms with Crippen molar-refractivity contribution in [2.45, 2.75) is 70.8 Å². The Morgan fingerprint density at radius 1 is 0.952 bits per heavy atom. The maximum Gasteiger partial charge on any atom is 0.328 e. The van der Waals surface area contributed by atoms with E-state index in [0.29, 0.717) is 0 Å². The summed E-state index contributed by atoms with van der Waals surface area (Å²) in [5.74, 6) is -0.933. The number of hydrogen-bond acceptors (Lipinski definition) is 2. The third kappa shape index (κ3) is 16.6. The van der Waals surface area contributed by atoms with E-state index in [2.05, 4.69) is 13.0 Å². The second-order valence-corrected chi connectivity index (χ2v) is 5.30. The Kier molecular flexibility index (Phi) is 14.1. The Hall–Kier alpha value is -1.35. The first-order valence-electron chi connectivity index (χ1n) is 8.07. The molecular formula is C18H30O3. The number of rotatable bonds is 13. The third-order valence-electron chi connectivity index (χ3n) is 3.26. The summed E-state index contributed by atoms with van der Waals surface area (Å²) >= 11 is 0. The number of allylic oxidation sites excluding steroid dienone is 5. The van der Waals surface area contributed by atoms with E-state index in [1.54, 1.807) is 6.08 Å². The van der Waals surface area contributed by atoms with Gasteiger partial charge in [0.2, 0.25) is 0 Å². The minimum absolute atomic E-state index is 0.133. The maximum absolute atomic E-state index is 10.2. The zero-order valence-corrected chi connectivity index (χ0v) is 13.2. The van der Waals surface area contributed by atoms with Gasteiger partial charge in [0.25, 0.3) is 0 Å². The molecule has 3 heteroatoms. The summed E-state index contributed by atoms with van der Waals surface area (Å²) < 4.78 is 0. The number of unbranched alkanes of at least 4 members (excludes halogenated alkanes) is 5. The number of aliphatic hydroxyl groups excluding tert-OH is 1. The molecule has 0 aromatic heterocycles. The van der Waals surface area contributed by atoms with Crippen LogP contribution in [0.1, 0.15) is 64.7 Å². The van der Waals surface area contributed by atoms with Gasteiger partial charge in [-0.25, -0.2) is 4.79 Å². The summed E-state index contributed by atoms with van der Waals surface area (Å²) in [6, 6.07) is 0. The van der Waals surface area contributed by atoms with Crippen LogP contribution in [0.15, 0.2) is 36.5 Å². The van der Waals surface area contributed by atoms with Gasteiger partial charge in [0.15, 0.2) is 0 Å². The number of carboxylic acids is 1. The van der Waals surface area contributed by atoms with E-state index >= 15 is 0 Å². The van der Waals surface area contributed by atoms with Crippen LogP contribution in [0.3, 0.4) is 0 Å². The van der Waals surface area contributed by atoms with Crippen LogP contribution in [0.2, 0.25) is 0 Å². The third-order valence-corrected chi connectivity index (χ3v) is 3.26. The van der Waals surface area contributed by atoms with E-state index in [1.807, 2.05) is 12.2 Å². The molecule has 0 aromatic carbocycles. The van der Waals surface area contributed by atoms with Crippen molar-refractivity contribution < 1.29 is 15.0 Å². The molecule has 21 heavy (non-hydrogen) atoms. The average Bonchev–Trinajstić information content (AvgIpc) is 2.45. The monoisotopic (exact) mass is 294 g/mol. The normalized spacial score (nSPS) is 13.6. The molecule has 0 aliphatic rings. The van der Waals surface area contributed by atoms with Crippen molar-refractivity contribution in [3.05, 3.63) is 36.5 Å². The topological polar surface area (TPSA) is 57.5 Å². The number of hydrogen-bond donors (Lipinski definition) is 2. The van der Waals surface area contributed by atoms with E-state index < -0.39 is 5.97 Å². The van der Waals surface area contributed by atoms with Crippen LogP contribution in [0.25, 0.3) is 0 Å². The quantitative estimate of drug-likeness (QED) is 0.296. The van der Waals surface area contributed by atoms with Gasteiger partial charge in [0.1, 0.15) is 0 Å². The Labute approximate surface area is 129 Å². The second kappa shape index (κ2) is 15.0. The first kappa shape index (κ1) is 19.7. The molecule has 1 unspecified atom stereocenters. The van der Waals surface area contributed by atoms with Gasteiger partial charge in [0, 0.05) is 6.08 Å². The average molecular weight is 294 g/mol. The predicted octanol–water partition coefficient (Wildman–Crippen LogP) is 4.63. The van der Waals surface area contributed by atoms with Crippen LogP contribution in [-0.4, -0.2) is 22.3 Å². The van der Waals surface area contributed by atoms with Crippen LogP contribution in [0, 0.1) is 0 Å². The van der Waals surface area contributed by atoms with E-state index in [-0.39, 0.29) is 6.10 Å². The summed E-state index contributed by atoms with van der Waals surface area (Å²) in [7, 11) is 0. The van der Waals surface area contributed by atoms with E-state index in [1.165, 1.54) is 25.3 Å². The fourth-order valence-electron chi connectivity index (χ4n) is 2.03. The van der Waals surface area contributed by atoms with E-state index in [0.717, 1.165) is 44.6 Å². The SMILES string of the molecule is CCCCCCC(O)CCCCC=CC=CC=CC(=O)O. The molecule has 0 aliphatic heterocycles. The smallest absolute Gasteiger partial charge is 0.328 e. The standard InChI is InChI=1S/C18H30O3/c1-2-3-4-11-14-17(19)15-12-9-7-5-6-8-10-13-16-18(20)21/h5-6,8,10,13,16-17,19H,2-4,7,9,11-12,14-15H2,1H3,(H,20,21). The second-order valence-electron chi connectivity index (χ2n) is 5.30. The van der Waals surface area contributed by atoms with Gasteiger partial charge in [0.05, 0.1) is 6.10 Å². The Bertz CT molecular complexity index is 329. The minimum atomic E-state index is -0.933. The molecule has 0 heterocycles. The van der Waals surface area contributed by atoms with Crippen LogP contribution in [0.4, 0.5) is 0 Å². The molecule has 0 saturated carbocycles. The lowest BCUT2D eigenvalue weighted by Gasteiger charge is -2.09. The van der Waals surface area contributed by atoms with Crippen molar-refractivity contribution in [1.82, 2.24) is 0 Å². The molecule has 0 rings (SSSR count). The highest BCUT2D eigenvalue weighted by molar-refractivity contribution is 5.80. The molecule has 3 nitrogen and oxygen atoms in total. The van der Waals surface area contributed by atoms with Gasteiger partial charge in [-0.3, -0.25) is 0 Å². The molecule has 0 aliphatic carbocycles. The number of aliphatic carboxylic acids is 1. The number of carbonyl (C=O) groups is 1. The lowest BCUT2D eigenvalue weighted by Crippen LogP contribution is -2.05. The molecule has 0 aromatic rings. The van der Waals surface area contributed by atoms with Crippen molar-refractivity contribution in [3.8, 4) is 0 Å². The van der Waals surface area contributed by atoms with Gasteiger partial charge in [-0.1, -0.05) is 69.4 Å². The highest BCUT2D eigenvalue weighted by Crippen LogP contribution is 2.11. The molecule has 0 radical (unpaired) electrons. The predicted molar refractivity (Wildman–Crippen MR) is 88.3 cm³/mol. The molecule has 120 valence electrons. The highest BCUT2D eigenvalue weighted by atomic mass is 16.4. The van der Waals surface area contributed by atoms with Gasteiger partial charge < -0.3 is 10.2 Å². The molecule has 0 spiro atoms. The first-order valence-corrected chi connectivity index (χ1v) is 8.07. The fraction of sp³-hybridized carbons (Fsp3) is 0.611. The number of aliphatic hydroxyl groups is 1. The van der Waals surface area contributed by atoms with E-state index in [4.69, 9.17) is 5.11 Å². The fourth-order valence-corrected chi connectivity index (χ4v) is 2.03. The lowest BCUT2D eigenvalue weighted by molar-refractivity contribution is -0.131. The summed E-state index contributed by atoms with van der Waals surface area (Å²) in [5.41, 5.74) is 0. The van der Waals surface area contributed by atoms with Crippen molar-refractivity contribution in [2.24, 2.45) is 0 Å². The molecule has 0 fully saturated rings. The van der Waals surface area contributed by atoms with Crippen LogP contribution < -0.4 is 0 Å². The summed E-state index contributed by atoms with van der Waals surface area (Å²) in [6.45, 7) is 2.20. The number of carboxylic acid groups (broad SMARTS) is 1. The molecule has 1 atom stereocenters.